The van der Waals surface area contributed by atoms with Crippen molar-refractivity contribution in [1.82, 2.24) is 9.38 Å². The highest BCUT2D eigenvalue weighted by Gasteiger charge is 2.11. The molecule has 4 aromatic rings. The lowest BCUT2D eigenvalue weighted by Crippen LogP contribution is -2.12. The van der Waals surface area contributed by atoms with E-state index in [2.05, 4.69) is 10.3 Å². The summed E-state index contributed by atoms with van der Waals surface area (Å²) < 4.78 is 6.84. The molecule has 1 amide bonds. The van der Waals surface area contributed by atoms with Crippen LogP contribution in [-0.2, 0) is 4.74 Å². The van der Waals surface area contributed by atoms with Gasteiger partial charge in [0.05, 0.1) is 17.9 Å². The number of nitrogens with one attached hydrogen (secondary N) is 1. The Hall–Kier alpha value is -3.93. The quantitative estimate of drug-likeness (QED) is 0.516. The molecule has 6 nitrogen and oxygen atoms in total. The zero-order chi connectivity index (χ0) is 20.2. The van der Waals surface area contributed by atoms with Gasteiger partial charge in [0.15, 0.2) is 0 Å². The third kappa shape index (κ3) is 4.01. The molecule has 6 heteroatoms. The van der Waals surface area contributed by atoms with Crippen molar-refractivity contribution in [3.63, 3.8) is 0 Å². The van der Waals surface area contributed by atoms with Gasteiger partial charge >= 0.3 is 5.97 Å². The summed E-state index contributed by atoms with van der Waals surface area (Å²) in [5, 5.41) is 2.83. The second kappa shape index (κ2) is 7.98. The highest BCUT2D eigenvalue weighted by Crippen LogP contribution is 2.20. The van der Waals surface area contributed by atoms with Gasteiger partial charge in [-0.2, -0.15) is 0 Å². The minimum absolute atomic E-state index is 0.249. The summed E-state index contributed by atoms with van der Waals surface area (Å²) in [6.45, 7) is 2.07. The number of ether oxygens (including phenoxy) is 1. The molecule has 0 bridgehead atoms. The fourth-order valence-corrected chi connectivity index (χ4v) is 2.98. The predicted octanol–water partition coefficient (Wildman–Crippen LogP) is 4.43. The van der Waals surface area contributed by atoms with Crippen molar-refractivity contribution >= 4 is 23.2 Å². The van der Waals surface area contributed by atoms with Crippen LogP contribution in [0.4, 0.5) is 5.69 Å². The van der Waals surface area contributed by atoms with Gasteiger partial charge in [0, 0.05) is 29.2 Å². The SMILES string of the molecule is CCOC(=O)c1ccc(NC(=O)c2ccn3cc(-c4ccccc4)nc3c2)cc1. The standard InChI is InChI=1S/C23H19N3O3/c1-2-29-23(28)17-8-10-19(11-9-17)24-22(27)18-12-13-26-15-20(25-21(26)14-18)16-6-4-3-5-7-16/h3-15H,2H2,1H3,(H,24,27). The number of aromatic nitrogens is 2. The number of anilines is 1. The molecule has 2 aromatic carbocycles. The molecule has 0 unspecified atom stereocenters. The van der Waals surface area contributed by atoms with Gasteiger partial charge in [0.25, 0.3) is 5.91 Å². The van der Waals surface area contributed by atoms with Crippen molar-refractivity contribution < 1.29 is 14.3 Å². The molecule has 0 aliphatic heterocycles. The average molecular weight is 385 g/mol. The Kier molecular flexibility index (Phi) is 5.07. The van der Waals surface area contributed by atoms with Gasteiger partial charge in [-0.05, 0) is 43.3 Å². The van der Waals surface area contributed by atoms with E-state index in [9.17, 15) is 9.59 Å². The van der Waals surface area contributed by atoms with Crippen molar-refractivity contribution in [2.45, 2.75) is 6.92 Å². The maximum atomic E-state index is 12.6. The van der Waals surface area contributed by atoms with Crippen LogP contribution in [0.2, 0.25) is 0 Å². The maximum absolute atomic E-state index is 12.6. The van der Waals surface area contributed by atoms with Crippen molar-refractivity contribution in [1.29, 1.82) is 0 Å². The fraction of sp³-hybridized carbons (Fsp3) is 0.0870. The molecular weight excluding hydrogens is 366 g/mol. The Labute approximate surface area is 167 Å². The minimum Gasteiger partial charge on any atom is -0.462 e. The number of carbonyl (C=O) groups is 2. The van der Waals surface area contributed by atoms with Crippen molar-refractivity contribution in [2.75, 3.05) is 11.9 Å². The van der Waals surface area contributed by atoms with E-state index < -0.39 is 0 Å². The summed E-state index contributed by atoms with van der Waals surface area (Å²) in [6.07, 6.45) is 3.74. The molecule has 4 rings (SSSR count). The lowest BCUT2D eigenvalue weighted by Gasteiger charge is -2.07. The number of hydrogen-bond donors (Lipinski definition) is 1. The number of fused-ring (bicyclic) bond motifs is 1. The molecule has 0 radical (unpaired) electrons. The first-order chi connectivity index (χ1) is 14.1. The Morgan fingerprint density at radius 1 is 1.00 bits per heavy atom. The molecule has 2 heterocycles. The lowest BCUT2D eigenvalue weighted by molar-refractivity contribution is 0.0526. The van der Waals surface area contributed by atoms with Crippen molar-refractivity contribution in [3.8, 4) is 11.3 Å². The Morgan fingerprint density at radius 3 is 2.48 bits per heavy atom. The minimum atomic E-state index is -0.385. The van der Waals surface area contributed by atoms with Crippen molar-refractivity contribution in [2.24, 2.45) is 0 Å². The van der Waals surface area contributed by atoms with Crippen LogP contribution in [0.15, 0.2) is 79.1 Å². The summed E-state index contributed by atoms with van der Waals surface area (Å²) in [5.74, 6) is -0.634. The predicted molar refractivity (Wildman–Crippen MR) is 111 cm³/mol. The molecule has 29 heavy (non-hydrogen) atoms. The van der Waals surface area contributed by atoms with Crippen LogP contribution >= 0.6 is 0 Å². The molecule has 0 saturated heterocycles. The van der Waals surface area contributed by atoms with Gasteiger partial charge in [-0.15, -0.1) is 0 Å². The summed E-state index contributed by atoms with van der Waals surface area (Å²) in [4.78, 5) is 28.9. The van der Waals surface area contributed by atoms with Gasteiger partial charge in [0.1, 0.15) is 5.65 Å². The monoisotopic (exact) mass is 385 g/mol. The first kappa shape index (κ1) is 18.4. The van der Waals surface area contributed by atoms with Gasteiger partial charge < -0.3 is 14.5 Å². The smallest absolute Gasteiger partial charge is 0.338 e. The molecule has 0 aliphatic rings. The molecule has 2 aromatic heterocycles. The summed E-state index contributed by atoms with van der Waals surface area (Å²) in [6, 6.07) is 20.0. The fourth-order valence-electron chi connectivity index (χ4n) is 2.98. The zero-order valence-corrected chi connectivity index (χ0v) is 15.8. The molecule has 0 atom stereocenters. The van der Waals surface area contributed by atoms with E-state index in [0.29, 0.717) is 29.1 Å². The average Bonchev–Trinajstić information content (AvgIpc) is 3.18. The number of hydrogen-bond acceptors (Lipinski definition) is 4. The van der Waals surface area contributed by atoms with Crippen LogP contribution in [-0.4, -0.2) is 27.9 Å². The molecule has 0 saturated carbocycles. The number of rotatable bonds is 5. The zero-order valence-electron chi connectivity index (χ0n) is 15.8. The van der Waals surface area contributed by atoms with Crippen LogP contribution in [0, 0.1) is 0 Å². The number of nitrogens with zero attached hydrogens (tertiary/aromatic N) is 2. The maximum Gasteiger partial charge on any atom is 0.338 e. The molecule has 144 valence electrons. The molecule has 0 aliphatic carbocycles. The van der Waals surface area contributed by atoms with Crippen molar-refractivity contribution in [3.05, 3.63) is 90.3 Å². The first-order valence-electron chi connectivity index (χ1n) is 9.27. The summed E-state index contributed by atoms with van der Waals surface area (Å²) in [5.41, 5.74) is 4.08. The lowest BCUT2D eigenvalue weighted by atomic mass is 10.2. The second-order valence-corrected chi connectivity index (χ2v) is 6.42. The Balaban J connectivity index is 1.52. The van der Waals surface area contributed by atoms with Crippen LogP contribution in [0.3, 0.4) is 0 Å². The van der Waals surface area contributed by atoms with Crippen LogP contribution in [0.5, 0.6) is 0 Å². The second-order valence-electron chi connectivity index (χ2n) is 6.42. The number of amides is 1. The molecular formula is C23H19N3O3. The van der Waals surface area contributed by atoms with Crippen LogP contribution < -0.4 is 5.32 Å². The van der Waals surface area contributed by atoms with E-state index in [1.165, 1.54) is 0 Å². The molecule has 0 fully saturated rings. The van der Waals surface area contributed by atoms with E-state index in [0.717, 1.165) is 11.3 Å². The van der Waals surface area contributed by atoms with E-state index in [1.54, 1.807) is 43.3 Å². The van der Waals surface area contributed by atoms with E-state index in [-0.39, 0.29) is 11.9 Å². The van der Waals surface area contributed by atoms with Crippen LogP contribution in [0.25, 0.3) is 16.9 Å². The highest BCUT2D eigenvalue weighted by molar-refractivity contribution is 6.05. The third-order valence-corrected chi connectivity index (χ3v) is 4.45. The van der Waals surface area contributed by atoms with E-state index in [1.807, 2.05) is 47.1 Å². The number of benzene rings is 2. The van der Waals surface area contributed by atoms with Gasteiger partial charge in [-0.3, -0.25) is 4.79 Å². The number of carbonyl (C=O) groups excluding carboxylic acids is 2. The normalized spacial score (nSPS) is 10.7. The van der Waals surface area contributed by atoms with Gasteiger partial charge in [-0.25, -0.2) is 9.78 Å². The molecule has 1 N–H and O–H groups in total. The summed E-state index contributed by atoms with van der Waals surface area (Å²) in [7, 11) is 0. The van der Waals surface area contributed by atoms with Gasteiger partial charge in [-0.1, -0.05) is 30.3 Å². The van der Waals surface area contributed by atoms with Gasteiger partial charge in [0.2, 0.25) is 0 Å². The highest BCUT2D eigenvalue weighted by atomic mass is 16.5. The third-order valence-electron chi connectivity index (χ3n) is 4.45. The largest absolute Gasteiger partial charge is 0.462 e. The van der Waals surface area contributed by atoms with E-state index >= 15 is 0 Å². The molecule has 0 spiro atoms. The Morgan fingerprint density at radius 2 is 1.76 bits per heavy atom. The Bertz CT molecular complexity index is 1170. The topological polar surface area (TPSA) is 72.7 Å². The van der Waals surface area contributed by atoms with Crippen LogP contribution in [0.1, 0.15) is 27.6 Å². The van der Waals surface area contributed by atoms with E-state index in [4.69, 9.17) is 4.74 Å². The summed E-state index contributed by atoms with van der Waals surface area (Å²) >= 11 is 0. The number of imidazole rings is 1. The number of esters is 1. The number of pyridine rings is 1. The first-order valence-corrected chi connectivity index (χ1v) is 9.27.